The molecule has 57 heavy (non-hydrogen) atoms. The average molecular weight is 747 g/mol. The molecule has 0 saturated heterocycles. The number of aryl methyl sites for hydroxylation is 1. The second-order valence-corrected chi connectivity index (χ2v) is 18.8. The molecule has 10 aromatic rings. The van der Waals surface area contributed by atoms with E-state index in [0.29, 0.717) is 0 Å². The Morgan fingerprint density at radius 2 is 1.05 bits per heavy atom. The van der Waals surface area contributed by atoms with Gasteiger partial charge in [0.2, 0.25) is 0 Å². The Morgan fingerprint density at radius 3 is 1.75 bits per heavy atom. The Balaban J connectivity index is 1.02. The maximum atomic E-state index is 6.42. The molecule has 0 fully saturated rings. The summed E-state index contributed by atoms with van der Waals surface area (Å²) in [6.45, 7) is 0. The molecule has 3 aromatic heterocycles. The molecule has 7 aromatic carbocycles. The van der Waals surface area contributed by atoms with Gasteiger partial charge in [-0.15, -0.1) is 0 Å². The van der Waals surface area contributed by atoms with Gasteiger partial charge in [-0.2, -0.15) is 0 Å². The molecule has 0 amide bonds. The third kappa shape index (κ3) is 5.44. The van der Waals surface area contributed by atoms with Crippen molar-refractivity contribution in [3.63, 3.8) is 0 Å². The summed E-state index contributed by atoms with van der Waals surface area (Å²) in [5.41, 5.74) is 10.9. The summed E-state index contributed by atoms with van der Waals surface area (Å²) in [7, 11) is -2.68. The van der Waals surface area contributed by atoms with E-state index in [1.165, 1.54) is 42.9 Å². The summed E-state index contributed by atoms with van der Waals surface area (Å²) in [6.07, 6.45) is 6.72. The van der Waals surface area contributed by atoms with Crippen molar-refractivity contribution in [2.24, 2.45) is 0 Å². The zero-order valence-corrected chi connectivity index (χ0v) is 32.3. The number of furan rings is 1. The number of rotatable bonds is 7. The van der Waals surface area contributed by atoms with Crippen LogP contribution in [-0.2, 0) is 6.42 Å². The molecule has 270 valence electrons. The van der Waals surface area contributed by atoms with E-state index >= 15 is 0 Å². The van der Waals surface area contributed by atoms with Gasteiger partial charge in [0.15, 0.2) is 8.07 Å². The normalized spacial score (nSPS) is 12.7. The summed E-state index contributed by atoms with van der Waals surface area (Å²) < 4.78 is 8.83. The number of hydrogen-bond donors (Lipinski definition) is 0. The van der Waals surface area contributed by atoms with Gasteiger partial charge in [-0.1, -0.05) is 146 Å². The molecular weight excluding hydrogens is 709 g/mol. The van der Waals surface area contributed by atoms with Gasteiger partial charge >= 0.3 is 0 Å². The van der Waals surface area contributed by atoms with Crippen LogP contribution in [0.25, 0.3) is 67.1 Å². The van der Waals surface area contributed by atoms with Gasteiger partial charge in [0, 0.05) is 38.7 Å². The summed E-state index contributed by atoms with van der Waals surface area (Å²) in [6, 6.07) is 70.5. The zero-order valence-electron chi connectivity index (χ0n) is 31.3. The maximum Gasteiger partial charge on any atom is 0.179 e. The second kappa shape index (κ2) is 13.6. The first-order valence-electron chi connectivity index (χ1n) is 19.8. The third-order valence-electron chi connectivity index (χ3n) is 11.8. The van der Waals surface area contributed by atoms with Crippen LogP contribution < -0.4 is 20.7 Å². The highest BCUT2D eigenvalue weighted by molar-refractivity contribution is 7.19. The standard InChI is InChI=1S/C53H38N2OSi/c1-4-17-40(18-5-1)57(41-19-6-2-7-20-41,42-21-8-3-9-22-42)43-23-14-16-37(34-43)48-26-15-27-49(54-48)38-30-32-52-46(35-38)47-36-39(31-33-53(47)56-52)55-50-28-12-10-24-44(50)45-25-11-13-29-51(45)55/h1-10,12-24,26-36H,11,25H2. The van der Waals surface area contributed by atoms with Crippen molar-refractivity contribution < 1.29 is 4.42 Å². The molecule has 0 aliphatic heterocycles. The monoisotopic (exact) mass is 746 g/mol. The minimum absolute atomic E-state index is 0.873. The van der Waals surface area contributed by atoms with Crippen LogP contribution in [0.15, 0.2) is 205 Å². The van der Waals surface area contributed by atoms with Crippen molar-refractivity contribution in [1.29, 1.82) is 0 Å². The Kier molecular flexibility index (Phi) is 7.97. The van der Waals surface area contributed by atoms with Gasteiger partial charge in [-0.05, 0) is 99.8 Å². The first-order valence-corrected chi connectivity index (χ1v) is 21.8. The lowest BCUT2D eigenvalue weighted by Crippen LogP contribution is -2.74. The number of pyridine rings is 1. The van der Waals surface area contributed by atoms with Crippen molar-refractivity contribution in [3.05, 3.63) is 211 Å². The quantitative estimate of drug-likeness (QED) is 0.120. The Bertz CT molecular complexity index is 3030. The van der Waals surface area contributed by atoms with Crippen LogP contribution in [0.4, 0.5) is 0 Å². The third-order valence-corrected chi connectivity index (χ3v) is 16.6. The minimum Gasteiger partial charge on any atom is -0.456 e. The number of allylic oxidation sites excluding steroid dienone is 1. The number of benzene rings is 7. The predicted molar refractivity (Wildman–Crippen MR) is 240 cm³/mol. The van der Waals surface area contributed by atoms with Gasteiger partial charge in [0.25, 0.3) is 0 Å². The van der Waals surface area contributed by atoms with E-state index in [1.807, 2.05) is 0 Å². The summed E-state index contributed by atoms with van der Waals surface area (Å²) in [5.74, 6) is 0. The van der Waals surface area contributed by atoms with Gasteiger partial charge in [0.05, 0.1) is 16.9 Å². The zero-order chi connectivity index (χ0) is 37.8. The fourth-order valence-electron chi connectivity index (χ4n) is 9.26. The number of fused-ring (bicyclic) bond motifs is 6. The van der Waals surface area contributed by atoms with Crippen LogP contribution in [0.2, 0.25) is 0 Å². The first kappa shape index (κ1) is 33.3. The summed E-state index contributed by atoms with van der Waals surface area (Å²) in [5, 5.41) is 8.91. The number of hydrogen-bond acceptors (Lipinski definition) is 2. The fourth-order valence-corrected chi connectivity index (χ4v) is 14.1. The van der Waals surface area contributed by atoms with Gasteiger partial charge < -0.3 is 8.98 Å². The minimum atomic E-state index is -2.68. The van der Waals surface area contributed by atoms with E-state index in [9.17, 15) is 0 Å². The summed E-state index contributed by atoms with van der Waals surface area (Å²) >= 11 is 0. The molecule has 3 nitrogen and oxygen atoms in total. The van der Waals surface area contributed by atoms with E-state index in [4.69, 9.17) is 9.40 Å². The molecular formula is C53H38N2OSi. The van der Waals surface area contributed by atoms with E-state index in [1.54, 1.807) is 0 Å². The van der Waals surface area contributed by atoms with Gasteiger partial charge in [-0.25, -0.2) is 4.98 Å². The predicted octanol–water partition coefficient (Wildman–Crippen LogP) is 10.6. The van der Waals surface area contributed by atoms with E-state index in [2.05, 4.69) is 211 Å². The first-order chi connectivity index (χ1) is 28.3. The van der Waals surface area contributed by atoms with Crippen molar-refractivity contribution >= 4 is 67.7 Å². The average Bonchev–Trinajstić information content (AvgIpc) is 3.83. The van der Waals surface area contributed by atoms with E-state index < -0.39 is 8.07 Å². The molecule has 0 radical (unpaired) electrons. The van der Waals surface area contributed by atoms with E-state index in [0.717, 1.165) is 63.0 Å². The van der Waals surface area contributed by atoms with Crippen molar-refractivity contribution in [3.8, 4) is 28.2 Å². The molecule has 4 heteroatoms. The second-order valence-electron chi connectivity index (χ2n) is 15.0. The molecule has 0 atom stereocenters. The molecule has 0 spiro atoms. The van der Waals surface area contributed by atoms with Crippen LogP contribution in [0.3, 0.4) is 0 Å². The van der Waals surface area contributed by atoms with Crippen molar-refractivity contribution in [1.82, 2.24) is 9.55 Å². The Labute approximate surface area is 332 Å². The lowest BCUT2D eigenvalue weighted by atomic mass is 10.0. The number of aromatic nitrogens is 2. The number of para-hydroxylation sites is 1. The largest absolute Gasteiger partial charge is 0.456 e. The Morgan fingerprint density at radius 1 is 0.474 bits per heavy atom. The highest BCUT2D eigenvalue weighted by Crippen LogP contribution is 2.37. The maximum absolute atomic E-state index is 6.42. The molecule has 1 aliphatic rings. The molecule has 1 aliphatic carbocycles. The highest BCUT2D eigenvalue weighted by Gasteiger charge is 2.41. The van der Waals surface area contributed by atoms with Crippen LogP contribution in [0, 0.1) is 0 Å². The van der Waals surface area contributed by atoms with Crippen LogP contribution in [0.5, 0.6) is 0 Å². The van der Waals surface area contributed by atoms with Gasteiger partial charge in [-0.3, -0.25) is 0 Å². The Hall–Kier alpha value is -7.01. The molecule has 0 unspecified atom stereocenters. The van der Waals surface area contributed by atoms with Crippen molar-refractivity contribution in [2.75, 3.05) is 0 Å². The molecule has 11 rings (SSSR count). The smallest absolute Gasteiger partial charge is 0.179 e. The highest BCUT2D eigenvalue weighted by atomic mass is 28.3. The van der Waals surface area contributed by atoms with Crippen LogP contribution >= 0.6 is 0 Å². The molecule has 0 bridgehead atoms. The topological polar surface area (TPSA) is 31.0 Å². The SMILES string of the molecule is C1=Cc2c(c3ccccc3n2-c2ccc3oc4ccc(-c5cccc(-c6cccc([Si](c7ccccc7)(c7ccccc7)c7ccccc7)c6)n5)cc4c3c2)CC1. The lowest BCUT2D eigenvalue weighted by molar-refractivity contribution is 0.669. The summed E-state index contributed by atoms with van der Waals surface area (Å²) in [4.78, 5) is 5.34. The van der Waals surface area contributed by atoms with Crippen molar-refractivity contribution in [2.45, 2.75) is 12.8 Å². The van der Waals surface area contributed by atoms with Gasteiger partial charge in [0.1, 0.15) is 11.2 Å². The molecule has 0 N–H and O–H groups in total. The fraction of sp³-hybridized carbons (Fsp3) is 0.0377. The number of nitrogens with zero attached hydrogens (tertiary/aromatic N) is 2. The van der Waals surface area contributed by atoms with Crippen LogP contribution in [-0.4, -0.2) is 17.6 Å². The molecule has 3 heterocycles. The van der Waals surface area contributed by atoms with E-state index in [-0.39, 0.29) is 0 Å². The molecule has 0 saturated carbocycles. The van der Waals surface area contributed by atoms with Crippen LogP contribution in [0.1, 0.15) is 17.7 Å². The lowest BCUT2D eigenvalue weighted by Gasteiger charge is -2.34.